The molecule has 1 saturated heterocycles. The molecule has 3 rings (SSSR count). The zero-order valence-electron chi connectivity index (χ0n) is 19.0. The van der Waals surface area contributed by atoms with Crippen molar-refractivity contribution in [1.82, 2.24) is 14.1 Å². The molecule has 174 valence electrons. The highest BCUT2D eigenvalue weighted by Gasteiger charge is 2.45. The molecule has 0 spiro atoms. The van der Waals surface area contributed by atoms with Crippen LogP contribution in [0.4, 0.5) is 5.82 Å². The fraction of sp³-hybridized carbons (Fsp3) is 0.500. The highest BCUT2D eigenvalue weighted by Crippen LogP contribution is 2.38. The molecule has 1 amide bonds. The molecule has 2 unspecified atom stereocenters. The zero-order valence-corrected chi connectivity index (χ0v) is 19.8. The summed E-state index contributed by atoms with van der Waals surface area (Å²) in [4.78, 5) is 25.8. The number of hydrogen-bond acceptors (Lipinski definition) is 7. The molecule has 0 bridgehead atoms. The molecule has 2 aromatic rings. The smallest absolute Gasteiger partial charge is 0.256 e. The molecule has 32 heavy (non-hydrogen) atoms. The van der Waals surface area contributed by atoms with Crippen molar-refractivity contribution in [3.05, 3.63) is 47.2 Å². The maximum atomic E-state index is 13.2. The normalized spacial score (nSPS) is 19.4. The Morgan fingerprint density at radius 3 is 2.44 bits per heavy atom. The first-order valence-corrected chi connectivity index (χ1v) is 12.3. The third-order valence-corrected chi connectivity index (χ3v) is 7.11. The molecule has 1 aliphatic heterocycles. The number of hydrogen-bond donors (Lipinski definition) is 2. The lowest BCUT2D eigenvalue weighted by Crippen LogP contribution is -2.34. The lowest BCUT2D eigenvalue weighted by molar-refractivity contribution is -0.126. The summed E-state index contributed by atoms with van der Waals surface area (Å²) in [7, 11) is -3.70. The molecule has 0 saturated carbocycles. The Morgan fingerprint density at radius 1 is 1.28 bits per heavy atom. The monoisotopic (exact) mass is 462 g/mol. The molecule has 1 aromatic heterocycles. The first-order valence-electron chi connectivity index (χ1n) is 10.4. The Labute approximate surface area is 188 Å². The minimum absolute atomic E-state index is 0.0214. The van der Waals surface area contributed by atoms with E-state index in [9.17, 15) is 23.1 Å². The molecular weight excluding hydrogens is 432 g/mol. The van der Waals surface area contributed by atoms with Gasteiger partial charge in [0.1, 0.15) is 5.82 Å². The van der Waals surface area contributed by atoms with Crippen molar-refractivity contribution in [3.63, 3.8) is 0 Å². The van der Waals surface area contributed by atoms with Crippen LogP contribution in [0.3, 0.4) is 0 Å². The van der Waals surface area contributed by atoms with Crippen molar-refractivity contribution in [1.29, 1.82) is 0 Å². The largest absolute Gasteiger partial charge is 0.395 e. The van der Waals surface area contributed by atoms with Gasteiger partial charge < -0.3 is 10.4 Å². The fourth-order valence-corrected chi connectivity index (χ4v) is 4.73. The van der Waals surface area contributed by atoms with Gasteiger partial charge in [0.2, 0.25) is 15.9 Å². The summed E-state index contributed by atoms with van der Waals surface area (Å²) in [5.41, 5.74) is 1.09. The molecule has 2 heterocycles. The van der Waals surface area contributed by atoms with Crippen molar-refractivity contribution in [2.45, 2.75) is 40.2 Å². The Balaban J connectivity index is 2.04. The summed E-state index contributed by atoms with van der Waals surface area (Å²) in [6.45, 7) is 6.78. The average molecular weight is 463 g/mol. The average Bonchev–Trinajstić information content (AvgIpc) is 3.22. The number of aliphatic hydroxyl groups is 1. The van der Waals surface area contributed by atoms with Crippen LogP contribution in [0.5, 0.6) is 0 Å². The Hall–Kier alpha value is -2.72. The topological polar surface area (TPSA) is 122 Å². The SMILES string of the molecule is Cc1c(C2CN(S(C)(=O)=O)C(=O)C2C)nn(C(=O)C(C)(C)CO)c1NCc1ccccc1. The van der Waals surface area contributed by atoms with E-state index in [-0.39, 0.29) is 13.2 Å². The number of carbonyl (C=O) groups is 2. The highest BCUT2D eigenvalue weighted by atomic mass is 32.2. The van der Waals surface area contributed by atoms with E-state index in [0.717, 1.165) is 16.1 Å². The van der Waals surface area contributed by atoms with Gasteiger partial charge in [0, 0.05) is 30.5 Å². The second-order valence-electron chi connectivity index (χ2n) is 8.98. The minimum atomic E-state index is -3.70. The molecule has 0 radical (unpaired) electrons. The van der Waals surface area contributed by atoms with Crippen LogP contribution in [0.25, 0.3) is 0 Å². The standard InChI is InChI=1S/C22H30N4O5S/c1-14-17(12-25(20(14)28)32(5,30)31)18-15(2)19(23-11-16-9-7-6-8-10-16)26(24-18)21(29)22(3,4)13-27/h6-10,14,17,23,27H,11-13H2,1-5H3. The van der Waals surface area contributed by atoms with E-state index in [4.69, 9.17) is 0 Å². The summed E-state index contributed by atoms with van der Waals surface area (Å²) < 4.78 is 26.2. The number of aromatic nitrogens is 2. The number of nitrogens with one attached hydrogen (secondary N) is 1. The third-order valence-electron chi connectivity index (χ3n) is 5.98. The summed E-state index contributed by atoms with van der Waals surface area (Å²) in [5, 5.41) is 17.5. The first-order chi connectivity index (χ1) is 14.9. The van der Waals surface area contributed by atoms with Crippen molar-refractivity contribution >= 4 is 27.7 Å². The van der Waals surface area contributed by atoms with Gasteiger partial charge in [-0.25, -0.2) is 12.7 Å². The van der Waals surface area contributed by atoms with E-state index in [1.807, 2.05) is 30.3 Å². The van der Waals surface area contributed by atoms with E-state index in [0.29, 0.717) is 23.6 Å². The quantitative estimate of drug-likeness (QED) is 0.645. The van der Waals surface area contributed by atoms with Gasteiger partial charge in [-0.15, -0.1) is 0 Å². The number of benzene rings is 1. The van der Waals surface area contributed by atoms with Crippen molar-refractivity contribution in [3.8, 4) is 0 Å². The van der Waals surface area contributed by atoms with Gasteiger partial charge >= 0.3 is 0 Å². The molecule has 1 fully saturated rings. The van der Waals surface area contributed by atoms with Gasteiger partial charge in [-0.3, -0.25) is 9.59 Å². The van der Waals surface area contributed by atoms with Crippen LogP contribution in [0.2, 0.25) is 0 Å². The molecule has 10 heteroatoms. The van der Waals surface area contributed by atoms with Crippen LogP contribution in [0.1, 0.15) is 48.3 Å². The molecule has 1 aromatic carbocycles. The number of carbonyl (C=O) groups excluding carboxylic acids is 2. The van der Waals surface area contributed by atoms with Gasteiger partial charge in [-0.2, -0.15) is 9.78 Å². The number of anilines is 1. The molecule has 2 atom stereocenters. The summed E-state index contributed by atoms with van der Waals surface area (Å²) in [6.07, 6.45) is 1.01. The Kier molecular flexibility index (Phi) is 6.48. The highest BCUT2D eigenvalue weighted by molar-refractivity contribution is 7.88. The number of aliphatic hydroxyl groups excluding tert-OH is 1. The van der Waals surface area contributed by atoms with Crippen LogP contribution in [0, 0.1) is 18.3 Å². The van der Waals surface area contributed by atoms with Crippen LogP contribution in [0.15, 0.2) is 30.3 Å². The number of nitrogens with zero attached hydrogens (tertiary/aromatic N) is 3. The molecule has 9 nitrogen and oxygen atoms in total. The molecular formula is C22H30N4O5S. The first kappa shape index (κ1) is 23.9. The summed E-state index contributed by atoms with van der Waals surface area (Å²) in [5.74, 6) is -1.50. The maximum absolute atomic E-state index is 13.2. The van der Waals surface area contributed by atoms with Crippen LogP contribution in [-0.4, -0.2) is 58.8 Å². The summed E-state index contributed by atoms with van der Waals surface area (Å²) >= 11 is 0. The van der Waals surface area contributed by atoms with Crippen LogP contribution >= 0.6 is 0 Å². The van der Waals surface area contributed by atoms with E-state index >= 15 is 0 Å². The Bertz CT molecular complexity index is 1120. The van der Waals surface area contributed by atoms with Gasteiger partial charge in [0.25, 0.3) is 5.91 Å². The maximum Gasteiger partial charge on any atom is 0.256 e. The van der Waals surface area contributed by atoms with Crippen LogP contribution in [-0.2, 0) is 21.4 Å². The second kappa shape index (κ2) is 8.67. The van der Waals surface area contributed by atoms with Gasteiger partial charge in [-0.05, 0) is 26.3 Å². The lowest BCUT2D eigenvalue weighted by atomic mass is 9.92. The van der Waals surface area contributed by atoms with Crippen molar-refractivity contribution in [2.75, 3.05) is 24.7 Å². The fourth-order valence-electron chi connectivity index (χ4n) is 3.80. The molecule has 2 N–H and O–H groups in total. The third kappa shape index (κ3) is 4.42. The van der Waals surface area contributed by atoms with E-state index in [1.165, 1.54) is 4.68 Å². The molecule has 1 aliphatic rings. The molecule has 0 aliphatic carbocycles. The van der Waals surface area contributed by atoms with E-state index < -0.39 is 39.1 Å². The number of amides is 1. The Morgan fingerprint density at radius 2 is 1.91 bits per heavy atom. The zero-order chi connectivity index (χ0) is 23.8. The van der Waals surface area contributed by atoms with Crippen molar-refractivity contribution < 1.29 is 23.1 Å². The minimum Gasteiger partial charge on any atom is -0.395 e. The predicted molar refractivity (Wildman–Crippen MR) is 121 cm³/mol. The van der Waals surface area contributed by atoms with E-state index in [2.05, 4.69) is 10.4 Å². The lowest BCUT2D eigenvalue weighted by Gasteiger charge is -2.21. The summed E-state index contributed by atoms with van der Waals surface area (Å²) in [6, 6.07) is 9.64. The number of rotatable bonds is 7. The van der Waals surface area contributed by atoms with Crippen molar-refractivity contribution in [2.24, 2.45) is 11.3 Å². The van der Waals surface area contributed by atoms with Crippen LogP contribution < -0.4 is 5.32 Å². The van der Waals surface area contributed by atoms with Gasteiger partial charge in [0.05, 0.1) is 24.0 Å². The van der Waals surface area contributed by atoms with Gasteiger partial charge in [0.15, 0.2) is 0 Å². The van der Waals surface area contributed by atoms with E-state index in [1.54, 1.807) is 27.7 Å². The second-order valence-corrected chi connectivity index (χ2v) is 10.9. The van der Waals surface area contributed by atoms with Gasteiger partial charge in [-0.1, -0.05) is 37.3 Å². The number of sulfonamides is 1. The predicted octanol–water partition coefficient (Wildman–Crippen LogP) is 1.98.